The lowest BCUT2D eigenvalue weighted by Gasteiger charge is -2.01. The molecular weight excluding hydrogens is 142 g/mol. The molecule has 3 nitrogen and oxygen atoms in total. The van der Waals surface area contributed by atoms with Crippen molar-refractivity contribution in [3.63, 3.8) is 0 Å². The van der Waals surface area contributed by atoms with E-state index in [1.54, 1.807) is 12.3 Å². The lowest BCUT2D eigenvalue weighted by atomic mass is 10.2. The van der Waals surface area contributed by atoms with Crippen molar-refractivity contribution in [2.24, 2.45) is 0 Å². The van der Waals surface area contributed by atoms with Gasteiger partial charge in [-0.25, -0.2) is 4.98 Å². The van der Waals surface area contributed by atoms with E-state index in [1.165, 1.54) is 7.11 Å². The maximum Gasteiger partial charge on any atom is 0.223 e. The van der Waals surface area contributed by atoms with E-state index in [-0.39, 0.29) is 0 Å². The van der Waals surface area contributed by atoms with Crippen LogP contribution in [-0.2, 0) is 0 Å². The van der Waals surface area contributed by atoms with E-state index in [4.69, 9.17) is 4.74 Å². The summed E-state index contributed by atoms with van der Waals surface area (Å²) in [4.78, 5) is 14.3. The monoisotopic (exact) mass is 151 g/mol. The summed E-state index contributed by atoms with van der Waals surface area (Å²) in [7, 11) is 1.49. The number of hydrogen-bond donors (Lipinski definition) is 0. The van der Waals surface area contributed by atoms with E-state index in [1.807, 2.05) is 6.92 Å². The van der Waals surface area contributed by atoms with Gasteiger partial charge in [-0.2, -0.15) is 0 Å². The summed E-state index contributed by atoms with van der Waals surface area (Å²) in [5.41, 5.74) is 1.44. The molecule has 0 saturated heterocycles. The number of aldehydes is 1. The molecule has 0 saturated carbocycles. The lowest BCUT2D eigenvalue weighted by molar-refractivity contribution is 0.112. The molecule has 1 aromatic rings. The molecule has 0 amide bonds. The summed E-state index contributed by atoms with van der Waals surface area (Å²) in [5, 5.41) is 0. The minimum atomic E-state index is 0.380. The molecule has 0 aliphatic rings. The number of methoxy groups -OCH3 is 1. The van der Waals surface area contributed by atoms with Crippen molar-refractivity contribution in [2.75, 3.05) is 7.11 Å². The van der Waals surface area contributed by atoms with Gasteiger partial charge in [0, 0.05) is 6.20 Å². The molecule has 1 heterocycles. The van der Waals surface area contributed by atoms with Crippen LogP contribution in [0.2, 0.25) is 0 Å². The highest BCUT2D eigenvalue weighted by molar-refractivity contribution is 5.78. The quantitative estimate of drug-likeness (QED) is 0.596. The number of carbonyl (C=O) groups excluding carboxylic acids is 1. The third kappa shape index (κ3) is 1.55. The van der Waals surface area contributed by atoms with E-state index < -0.39 is 0 Å². The van der Waals surface area contributed by atoms with Gasteiger partial charge in [-0.1, -0.05) is 0 Å². The zero-order chi connectivity index (χ0) is 8.27. The Balaban J connectivity index is 3.16. The van der Waals surface area contributed by atoms with Gasteiger partial charge in [0.2, 0.25) is 5.88 Å². The van der Waals surface area contributed by atoms with Crippen LogP contribution in [0.1, 0.15) is 15.9 Å². The molecule has 3 heteroatoms. The first-order chi connectivity index (χ1) is 5.27. The summed E-state index contributed by atoms with van der Waals surface area (Å²) < 4.78 is 4.85. The molecule has 0 aliphatic carbocycles. The Hall–Kier alpha value is -1.38. The second kappa shape index (κ2) is 3.14. The van der Waals surface area contributed by atoms with Gasteiger partial charge in [0.15, 0.2) is 6.29 Å². The Kier molecular flexibility index (Phi) is 2.21. The van der Waals surface area contributed by atoms with E-state index in [9.17, 15) is 4.79 Å². The molecule has 0 bridgehead atoms. The number of carbonyl (C=O) groups is 1. The molecule has 0 unspecified atom stereocenters. The van der Waals surface area contributed by atoms with Gasteiger partial charge < -0.3 is 4.74 Å². The fourth-order valence-corrected chi connectivity index (χ4v) is 0.834. The number of ether oxygens (including phenoxy) is 1. The van der Waals surface area contributed by atoms with Gasteiger partial charge in [-0.3, -0.25) is 4.79 Å². The summed E-state index contributed by atoms with van der Waals surface area (Å²) in [6.45, 7) is 1.87. The topological polar surface area (TPSA) is 39.2 Å². The lowest BCUT2D eigenvalue weighted by Crippen LogP contribution is -1.94. The maximum atomic E-state index is 10.4. The summed E-state index contributed by atoms with van der Waals surface area (Å²) >= 11 is 0. The normalized spacial score (nSPS) is 9.27. The van der Waals surface area contributed by atoms with Gasteiger partial charge in [-0.15, -0.1) is 0 Å². The number of hydrogen-bond acceptors (Lipinski definition) is 3. The Bertz CT molecular complexity index is 271. The first-order valence-corrected chi connectivity index (χ1v) is 3.23. The second-order valence-corrected chi connectivity index (χ2v) is 2.23. The van der Waals surface area contributed by atoms with Crippen molar-refractivity contribution < 1.29 is 9.53 Å². The van der Waals surface area contributed by atoms with Crippen LogP contribution in [0, 0.1) is 6.92 Å². The zero-order valence-corrected chi connectivity index (χ0v) is 6.50. The second-order valence-electron chi connectivity index (χ2n) is 2.23. The summed E-state index contributed by atoms with van der Waals surface area (Å²) in [5.74, 6) is 0.380. The van der Waals surface area contributed by atoms with Crippen LogP contribution in [0.15, 0.2) is 12.3 Å². The molecule has 0 spiro atoms. The number of pyridine rings is 1. The number of rotatable bonds is 2. The average molecular weight is 151 g/mol. The predicted octanol–water partition coefficient (Wildman–Crippen LogP) is 1.21. The van der Waals surface area contributed by atoms with Gasteiger partial charge in [0.25, 0.3) is 0 Å². The summed E-state index contributed by atoms with van der Waals surface area (Å²) in [6, 6.07) is 1.73. The number of aromatic nitrogens is 1. The van der Waals surface area contributed by atoms with Crippen molar-refractivity contribution in [3.8, 4) is 5.88 Å². The van der Waals surface area contributed by atoms with E-state index in [0.29, 0.717) is 11.4 Å². The third-order valence-corrected chi connectivity index (χ3v) is 1.34. The Morgan fingerprint density at radius 2 is 2.36 bits per heavy atom. The van der Waals surface area contributed by atoms with Crippen molar-refractivity contribution >= 4 is 6.29 Å². The highest BCUT2D eigenvalue weighted by atomic mass is 16.5. The highest BCUT2D eigenvalue weighted by Gasteiger charge is 2.01. The van der Waals surface area contributed by atoms with Crippen molar-refractivity contribution in [1.82, 2.24) is 4.98 Å². The Morgan fingerprint density at radius 3 is 2.91 bits per heavy atom. The zero-order valence-electron chi connectivity index (χ0n) is 6.50. The Labute approximate surface area is 65.0 Å². The van der Waals surface area contributed by atoms with E-state index in [0.717, 1.165) is 11.8 Å². The first kappa shape index (κ1) is 7.72. The van der Waals surface area contributed by atoms with Crippen molar-refractivity contribution in [3.05, 3.63) is 23.4 Å². The van der Waals surface area contributed by atoms with Crippen LogP contribution >= 0.6 is 0 Å². The largest absolute Gasteiger partial charge is 0.480 e. The van der Waals surface area contributed by atoms with Crippen LogP contribution in [0.4, 0.5) is 0 Å². The minimum Gasteiger partial charge on any atom is -0.480 e. The fraction of sp³-hybridized carbons (Fsp3) is 0.250. The molecule has 1 aromatic heterocycles. The number of nitrogens with zero attached hydrogens (tertiary/aromatic N) is 1. The van der Waals surface area contributed by atoms with Crippen molar-refractivity contribution in [2.45, 2.75) is 6.92 Å². The van der Waals surface area contributed by atoms with E-state index >= 15 is 0 Å². The fourth-order valence-electron chi connectivity index (χ4n) is 0.834. The smallest absolute Gasteiger partial charge is 0.223 e. The molecular formula is C8H9NO2. The molecule has 0 radical (unpaired) electrons. The molecule has 0 aromatic carbocycles. The Morgan fingerprint density at radius 1 is 1.64 bits per heavy atom. The molecule has 0 fully saturated rings. The van der Waals surface area contributed by atoms with Gasteiger partial charge >= 0.3 is 0 Å². The van der Waals surface area contributed by atoms with Gasteiger partial charge in [0.1, 0.15) is 0 Å². The van der Waals surface area contributed by atoms with Crippen LogP contribution in [0.25, 0.3) is 0 Å². The van der Waals surface area contributed by atoms with Crippen LogP contribution in [-0.4, -0.2) is 18.4 Å². The SMILES string of the molecule is COc1ncc(C)cc1C=O. The molecule has 58 valence electrons. The molecule has 11 heavy (non-hydrogen) atoms. The summed E-state index contributed by atoms with van der Waals surface area (Å²) in [6.07, 6.45) is 2.39. The van der Waals surface area contributed by atoms with Gasteiger partial charge in [-0.05, 0) is 18.6 Å². The highest BCUT2D eigenvalue weighted by Crippen LogP contribution is 2.12. The minimum absolute atomic E-state index is 0.380. The molecule has 1 rings (SSSR count). The van der Waals surface area contributed by atoms with Gasteiger partial charge in [0.05, 0.1) is 12.7 Å². The van der Waals surface area contributed by atoms with E-state index in [2.05, 4.69) is 4.98 Å². The van der Waals surface area contributed by atoms with Crippen LogP contribution < -0.4 is 4.74 Å². The molecule has 0 N–H and O–H groups in total. The average Bonchev–Trinajstić information content (AvgIpc) is 2.04. The standard InChI is InChI=1S/C8H9NO2/c1-6-3-7(5-10)8(11-2)9-4-6/h3-5H,1-2H3. The van der Waals surface area contributed by atoms with Crippen LogP contribution in [0.3, 0.4) is 0 Å². The predicted molar refractivity (Wildman–Crippen MR) is 40.9 cm³/mol. The molecule has 0 atom stereocenters. The third-order valence-electron chi connectivity index (χ3n) is 1.34. The van der Waals surface area contributed by atoms with Crippen molar-refractivity contribution in [1.29, 1.82) is 0 Å². The number of aryl methyl sites for hydroxylation is 1. The van der Waals surface area contributed by atoms with Crippen LogP contribution in [0.5, 0.6) is 5.88 Å². The molecule has 0 aliphatic heterocycles. The maximum absolute atomic E-state index is 10.4. The first-order valence-electron chi connectivity index (χ1n) is 3.23.